The van der Waals surface area contributed by atoms with E-state index in [1.807, 2.05) is 0 Å². The number of carbonyl (C=O) groups is 1. The van der Waals surface area contributed by atoms with E-state index in [0.29, 0.717) is 5.41 Å². The second kappa shape index (κ2) is 13.0. The number of fused-ring (bicyclic) bond motifs is 2. The van der Waals surface area contributed by atoms with E-state index in [-0.39, 0.29) is 0 Å². The van der Waals surface area contributed by atoms with Crippen LogP contribution in [0.1, 0.15) is 82.9 Å². The van der Waals surface area contributed by atoms with Crippen LogP contribution in [0.2, 0.25) is 0 Å². The molecule has 2 aliphatic rings. The number of nitrogens with one attached hydrogen (secondary N) is 2. The van der Waals surface area contributed by atoms with Crippen molar-refractivity contribution < 1.29 is 4.79 Å². The zero-order valence-corrected chi connectivity index (χ0v) is 24.4. The average Bonchev–Trinajstić information content (AvgIpc) is 3.52. The molecule has 0 amide bonds. The first-order valence-corrected chi connectivity index (χ1v) is 14.8. The predicted octanol–water partition coefficient (Wildman–Crippen LogP) is 7.01. The summed E-state index contributed by atoms with van der Waals surface area (Å²) in [4.78, 5) is 18.3. The Balaban J connectivity index is 0.000000317. The summed E-state index contributed by atoms with van der Waals surface area (Å²) in [6.45, 7) is 6.87. The van der Waals surface area contributed by atoms with Crippen molar-refractivity contribution in [1.29, 1.82) is 0 Å². The molecule has 5 rings (SSSR count). The van der Waals surface area contributed by atoms with Gasteiger partial charge in [0.2, 0.25) is 0 Å². The van der Waals surface area contributed by atoms with Gasteiger partial charge in [0.05, 0.1) is 5.69 Å². The summed E-state index contributed by atoms with van der Waals surface area (Å²) < 4.78 is 0. The molecule has 2 aliphatic carbocycles. The van der Waals surface area contributed by atoms with E-state index in [9.17, 15) is 4.79 Å². The highest BCUT2D eigenvalue weighted by Gasteiger charge is 2.31. The second-order valence-corrected chi connectivity index (χ2v) is 12.3. The zero-order valence-electron chi connectivity index (χ0n) is 24.4. The Labute approximate surface area is 229 Å². The molecule has 0 aliphatic heterocycles. The van der Waals surface area contributed by atoms with Crippen LogP contribution in [-0.2, 0) is 17.6 Å². The molecular formula is C32H49N5O. The van der Waals surface area contributed by atoms with Crippen molar-refractivity contribution in [3.05, 3.63) is 35.5 Å². The Morgan fingerprint density at radius 3 is 2.61 bits per heavy atom. The molecule has 0 radical (unpaired) electrons. The Bertz CT molecular complexity index is 1170. The van der Waals surface area contributed by atoms with Crippen LogP contribution in [0, 0.1) is 11.3 Å². The van der Waals surface area contributed by atoms with E-state index in [2.05, 4.69) is 79.1 Å². The van der Waals surface area contributed by atoms with Crippen LogP contribution < -0.4 is 4.90 Å². The molecular weight excluding hydrogens is 470 g/mol. The molecule has 3 aromatic rings. The van der Waals surface area contributed by atoms with Gasteiger partial charge >= 0.3 is 0 Å². The quantitative estimate of drug-likeness (QED) is 0.299. The summed E-state index contributed by atoms with van der Waals surface area (Å²) in [6.07, 6.45) is 14.4. The standard InChI is InChI=1S/C24H35N5.C8H14O/c1-6-24(2)11-10-19-22(16-24)26-27-23(19)21-14-17-8-9-18(15-20(17)25-21)29(5)13-7-12-28(3)4;9-7-6-8-4-2-1-3-5-8/h8-9,14-15,25H,6-7,10-13,16H2,1-5H3,(H,26,27);7-8H,1-6H2. The smallest absolute Gasteiger partial charge is 0.120 e. The molecule has 38 heavy (non-hydrogen) atoms. The first-order valence-electron chi connectivity index (χ1n) is 14.8. The van der Waals surface area contributed by atoms with Crippen LogP contribution in [0.4, 0.5) is 5.69 Å². The van der Waals surface area contributed by atoms with Gasteiger partial charge in [-0.1, -0.05) is 58.4 Å². The summed E-state index contributed by atoms with van der Waals surface area (Å²) in [5, 5.41) is 9.29. The first-order chi connectivity index (χ1) is 18.3. The highest BCUT2D eigenvalue weighted by molar-refractivity contribution is 5.88. The number of anilines is 1. The highest BCUT2D eigenvalue weighted by atomic mass is 16.1. The Kier molecular flexibility index (Phi) is 9.69. The summed E-state index contributed by atoms with van der Waals surface area (Å²) in [5.74, 6) is 0.733. The van der Waals surface area contributed by atoms with E-state index in [1.165, 1.54) is 72.8 Å². The Morgan fingerprint density at radius 1 is 1.11 bits per heavy atom. The minimum Gasteiger partial charge on any atom is -0.374 e. The van der Waals surface area contributed by atoms with Gasteiger partial charge in [-0.2, -0.15) is 5.10 Å². The van der Waals surface area contributed by atoms with Gasteiger partial charge in [-0.05, 0) is 75.9 Å². The molecule has 0 saturated heterocycles. The molecule has 1 saturated carbocycles. The van der Waals surface area contributed by atoms with Gasteiger partial charge in [0.15, 0.2) is 0 Å². The number of aromatic amines is 2. The molecule has 1 atom stereocenters. The van der Waals surface area contributed by atoms with Gasteiger partial charge in [-0.25, -0.2) is 0 Å². The molecule has 2 heterocycles. The van der Waals surface area contributed by atoms with Crippen LogP contribution in [0.5, 0.6) is 0 Å². The molecule has 1 fully saturated rings. The summed E-state index contributed by atoms with van der Waals surface area (Å²) in [5.41, 5.74) is 7.82. The maximum atomic E-state index is 10.1. The topological polar surface area (TPSA) is 68.0 Å². The molecule has 0 bridgehead atoms. The molecule has 6 nitrogen and oxygen atoms in total. The fraction of sp³-hybridized carbons (Fsp3) is 0.625. The van der Waals surface area contributed by atoms with Crippen molar-refractivity contribution in [1.82, 2.24) is 20.1 Å². The summed E-state index contributed by atoms with van der Waals surface area (Å²) in [7, 11) is 6.43. The minimum atomic E-state index is 0.406. The van der Waals surface area contributed by atoms with Crippen LogP contribution in [0.3, 0.4) is 0 Å². The van der Waals surface area contributed by atoms with Gasteiger partial charge in [-0.15, -0.1) is 0 Å². The number of benzene rings is 1. The van der Waals surface area contributed by atoms with E-state index in [1.54, 1.807) is 0 Å². The fourth-order valence-electron chi connectivity index (χ4n) is 6.08. The van der Waals surface area contributed by atoms with Crippen molar-refractivity contribution in [2.24, 2.45) is 11.3 Å². The third-order valence-corrected chi connectivity index (χ3v) is 8.94. The van der Waals surface area contributed by atoms with E-state index < -0.39 is 0 Å². The van der Waals surface area contributed by atoms with Gasteiger partial charge < -0.3 is 19.6 Å². The van der Waals surface area contributed by atoms with Crippen LogP contribution in [0.25, 0.3) is 22.3 Å². The van der Waals surface area contributed by atoms with E-state index in [0.717, 1.165) is 62.4 Å². The number of aromatic nitrogens is 3. The number of aldehydes is 1. The lowest BCUT2D eigenvalue weighted by molar-refractivity contribution is -0.108. The first kappa shape index (κ1) is 28.4. The minimum absolute atomic E-state index is 0.406. The van der Waals surface area contributed by atoms with Gasteiger partial charge in [0.25, 0.3) is 0 Å². The van der Waals surface area contributed by atoms with Crippen molar-refractivity contribution in [2.45, 2.75) is 84.5 Å². The molecule has 2 N–H and O–H groups in total. The lowest BCUT2D eigenvalue weighted by Crippen LogP contribution is -2.24. The second-order valence-electron chi connectivity index (χ2n) is 12.3. The lowest BCUT2D eigenvalue weighted by Gasteiger charge is -2.32. The molecule has 0 spiro atoms. The largest absolute Gasteiger partial charge is 0.374 e. The highest BCUT2D eigenvalue weighted by Crippen LogP contribution is 2.40. The third kappa shape index (κ3) is 7.07. The molecule has 1 unspecified atom stereocenters. The third-order valence-electron chi connectivity index (χ3n) is 8.94. The van der Waals surface area contributed by atoms with Gasteiger partial charge in [-0.3, -0.25) is 5.10 Å². The lowest BCUT2D eigenvalue weighted by atomic mass is 9.73. The molecule has 1 aromatic carbocycles. The SMILES string of the molecule is CCC1(C)CCc2c(-c3cc4ccc(N(C)CCCN(C)C)cc4[nH]3)n[nH]c2C1.O=CCC1CCCCC1. The average molecular weight is 520 g/mol. The maximum Gasteiger partial charge on any atom is 0.120 e. The van der Waals surface area contributed by atoms with Crippen LogP contribution >= 0.6 is 0 Å². The van der Waals surface area contributed by atoms with E-state index >= 15 is 0 Å². The normalized spacial score (nSPS) is 19.7. The van der Waals surface area contributed by atoms with Crippen molar-refractivity contribution in [3.63, 3.8) is 0 Å². The number of hydrogen-bond donors (Lipinski definition) is 2. The molecule has 6 heteroatoms. The van der Waals surface area contributed by atoms with Crippen molar-refractivity contribution in [2.75, 3.05) is 39.1 Å². The molecule has 2 aromatic heterocycles. The van der Waals surface area contributed by atoms with Gasteiger partial charge in [0, 0.05) is 47.9 Å². The van der Waals surface area contributed by atoms with Crippen molar-refractivity contribution >= 4 is 22.9 Å². The number of nitrogens with zero attached hydrogens (tertiary/aromatic N) is 3. The number of rotatable bonds is 9. The Morgan fingerprint density at radius 2 is 1.89 bits per heavy atom. The van der Waals surface area contributed by atoms with Crippen molar-refractivity contribution in [3.8, 4) is 11.4 Å². The maximum absolute atomic E-state index is 10.1. The molecule has 208 valence electrons. The monoisotopic (exact) mass is 519 g/mol. The van der Waals surface area contributed by atoms with Crippen LogP contribution in [-0.4, -0.2) is 60.6 Å². The zero-order chi connectivity index (χ0) is 27.1. The number of H-pyrrole nitrogens is 2. The summed E-state index contributed by atoms with van der Waals surface area (Å²) >= 11 is 0. The van der Waals surface area contributed by atoms with Crippen LogP contribution in [0.15, 0.2) is 24.3 Å². The number of carbonyl (C=O) groups excluding carboxylic acids is 1. The van der Waals surface area contributed by atoms with E-state index in [4.69, 9.17) is 5.10 Å². The predicted molar refractivity (Wildman–Crippen MR) is 160 cm³/mol. The Hall–Kier alpha value is -2.60. The number of hydrogen-bond acceptors (Lipinski definition) is 4. The fourth-order valence-corrected chi connectivity index (χ4v) is 6.08. The van der Waals surface area contributed by atoms with Gasteiger partial charge in [0.1, 0.15) is 12.0 Å². The summed E-state index contributed by atoms with van der Waals surface area (Å²) in [6, 6.07) is 8.96.